The van der Waals surface area contributed by atoms with E-state index in [1.807, 2.05) is 30.3 Å². The summed E-state index contributed by atoms with van der Waals surface area (Å²) in [6, 6.07) is 39.7. The van der Waals surface area contributed by atoms with Crippen LogP contribution in [0.2, 0.25) is 0 Å². The minimum absolute atomic E-state index is 0.0410. The quantitative estimate of drug-likeness (QED) is 0.295. The van der Waals surface area contributed by atoms with Gasteiger partial charge in [0, 0.05) is 17.1 Å². The van der Waals surface area contributed by atoms with Crippen LogP contribution in [-0.2, 0) is 5.41 Å². The van der Waals surface area contributed by atoms with Gasteiger partial charge < -0.3 is 4.90 Å². The molecule has 0 aliphatic rings. The molecule has 0 bridgehead atoms. The molecule has 0 heterocycles. The van der Waals surface area contributed by atoms with E-state index in [0.29, 0.717) is 5.56 Å². The number of hydrogen-bond donors (Lipinski definition) is 0. The van der Waals surface area contributed by atoms with Gasteiger partial charge in [0.25, 0.3) is 0 Å². The van der Waals surface area contributed by atoms with Crippen LogP contribution in [0.3, 0.4) is 0 Å². The second kappa shape index (κ2) is 10.0. The Hall–Kier alpha value is -4.09. The van der Waals surface area contributed by atoms with Crippen LogP contribution in [-0.4, -0.2) is 0 Å². The number of nitriles is 1. The fourth-order valence-corrected chi connectivity index (χ4v) is 3.95. The van der Waals surface area contributed by atoms with Gasteiger partial charge >= 0.3 is 0 Å². The van der Waals surface area contributed by atoms with Crippen molar-refractivity contribution in [1.82, 2.24) is 0 Å². The second-order valence-electron chi connectivity index (χ2n) is 8.78. The van der Waals surface area contributed by atoms with Gasteiger partial charge in [0.05, 0.1) is 11.6 Å². The van der Waals surface area contributed by atoms with Crippen molar-refractivity contribution in [1.29, 1.82) is 5.26 Å². The first-order valence-electron chi connectivity index (χ1n) is 11.2. The van der Waals surface area contributed by atoms with Gasteiger partial charge in [-0.1, -0.05) is 86.7 Å². The van der Waals surface area contributed by atoms with E-state index >= 15 is 0 Å². The van der Waals surface area contributed by atoms with Gasteiger partial charge in [-0.15, -0.1) is 0 Å². The van der Waals surface area contributed by atoms with Crippen LogP contribution < -0.4 is 4.90 Å². The Kier molecular flexibility index (Phi) is 6.72. The Labute approximate surface area is 197 Å². The highest BCUT2D eigenvalue weighted by atomic mass is 15.1. The molecular weight excluding hydrogens is 400 g/mol. The first kappa shape index (κ1) is 22.1. The summed E-state index contributed by atoms with van der Waals surface area (Å²) in [5.74, 6) is 0. The largest absolute Gasteiger partial charge is 0.311 e. The van der Waals surface area contributed by atoms with Crippen LogP contribution in [0.4, 0.5) is 17.1 Å². The lowest BCUT2D eigenvalue weighted by atomic mass is 9.81. The predicted molar refractivity (Wildman–Crippen MR) is 139 cm³/mol. The maximum atomic E-state index is 9.19. The van der Waals surface area contributed by atoms with Gasteiger partial charge in [0.2, 0.25) is 0 Å². The highest BCUT2D eigenvalue weighted by molar-refractivity contribution is 5.76. The molecule has 4 aromatic carbocycles. The van der Waals surface area contributed by atoms with E-state index in [9.17, 15) is 5.26 Å². The molecule has 0 radical (unpaired) electrons. The summed E-state index contributed by atoms with van der Waals surface area (Å²) < 4.78 is 0. The van der Waals surface area contributed by atoms with E-state index in [1.54, 1.807) is 0 Å². The molecule has 0 aliphatic carbocycles. The van der Waals surface area contributed by atoms with Gasteiger partial charge in [0.15, 0.2) is 0 Å². The fourth-order valence-electron chi connectivity index (χ4n) is 3.95. The smallest absolute Gasteiger partial charge is 0.0991 e. The molecule has 0 amide bonds. The number of nitrogens with zero attached hydrogens (tertiary/aromatic N) is 2. The lowest BCUT2D eigenvalue weighted by molar-refractivity contribution is 0.535. The van der Waals surface area contributed by atoms with Gasteiger partial charge in [-0.2, -0.15) is 5.26 Å². The van der Waals surface area contributed by atoms with Crippen molar-refractivity contribution in [3.63, 3.8) is 0 Å². The maximum Gasteiger partial charge on any atom is 0.0991 e. The van der Waals surface area contributed by atoms with E-state index in [4.69, 9.17) is 0 Å². The third-order valence-electron chi connectivity index (χ3n) is 5.89. The zero-order chi connectivity index (χ0) is 23.1. The van der Waals surface area contributed by atoms with Crippen molar-refractivity contribution >= 4 is 23.1 Å². The highest BCUT2D eigenvalue weighted by Crippen LogP contribution is 2.34. The van der Waals surface area contributed by atoms with Crippen LogP contribution in [0.25, 0.3) is 6.08 Å². The van der Waals surface area contributed by atoms with Crippen LogP contribution in [0.15, 0.2) is 115 Å². The van der Waals surface area contributed by atoms with Crippen LogP contribution in [0.1, 0.15) is 37.0 Å². The van der Waals surface area contributed by atoms with Gasteiger partial charge in [-0.05, 0) is 71.5 Å². The molecule has 0 saturated heterocycles. The van der Waals surface area contributed by atoms with Crippen LogP contribution in [0, 0.1) is 11.3 Å². The Bertz CT molecular complexity index is 1210. The second-order valence-corrected chi connectivity index (χ2v) is 8.78. The number of hydrogen-bond acceptors (Lipinski definition) is 2. The van der Waals surface area contributed by atoms with Crippen molar-refractivity contribution in [3.8, 4) is 6.07 Å². The molecule has 2 nitrogen and oxygen atoms in total. The summed E-state index contributed by atoms with van der Waals surface area (Å²) in [5, 5.41) is 9.19. The molecule has 0 fully saturated rings. The lowest BCUT2D eigenvalue weighted by Gasteiger charge is -2.25. The minimum Gasteiger partial charge on any atom is -0.311 e. The van der Waals surface area contributed by atoms with Crippen molar-refractivity contribution in [3.05, 3.63) is 132 Å². The van der Waals surface area contributed by atoms with E-state index in [1.165, 1.54) is 11.1 Å². The lowest BCUT2D eigenvalue weighted by Crippen LogP contribution is -2.15. The van der Waals surface area contributed by atoms with Crippen molar-refractivity contribution < 1.29 is 0 Å². The first-order valence-corrected chi connectivity index (χ1v) is 11.2. The van der Waals surface area contributed by atoms with E-state index in [0.717, 1.165) is 23.5 Å². The molecule has 33 heavy (non-hydrogen) atoms. The van der Waals surface area contributed by atoms with Crippen LogP contribution >= 0.6 is 0 Å². The molecule has 2 heteroatoms. The summed E-state index contributed by atoms with van der Waals surface area (Å²) in [5.41, 5.74) is 6.41. The predicted octanol–water partition coefficient (Wildman–Crippen LogP) is 8.41. The molecule has 0 aromatic heterocycles. The van der Waals surface area contributed by atoms with E-state index < -0.39 is 0 Å². The Morgan fingerprint density at radius 2 is 1.30 bits per heavy atom. The summed E-state index contributed by atoms with van der Waals surface area (Å²) in [6.07, 6.45) is 5.29. The first-order chi connectivity index (χ1) is 16.1. The molecule has 0 saturated carbocycles. The highest BCUT2D eigenvalue weighted by Gasteiger charge is 2.19. The Morgan fingerprint density at radius 3 is 1.88 bits per heavy atom. The van der Waals surface area contributed by atoms with Crippen molar-refractivity contribution in [2.45, 2.75) is 25.7 Å². The topological polar surface area (TPSA) is 27.0 Å². The van der Waals surface area contributed by atoms with Crippen molar-refractivity contribution in [2.75, 3.05) is 4.90 Å². The summed E-state index contributed by atoms with van der Waals surface area (Å²) in [6.45, 7) is 4.43. The summed E-state index contributed by atoms with van der Waals surface area (Å²) in [4.78, 5) is 2.26. The molecule has 162 valence electrons. The Morgan fingerprint density at radius 1 is 0.727 bits per heavy atom. The number of allylic oxidation sites excluding steroid dienone is 1. The molecule has 4 rings (SSSR count). The summed E-state index contributed by atoms with van der Waals surface area (Å²) >= 11 is 0. The zero-order valence-corrected chi connectivity index (χ0v) is 19.1. The molecule has 0 aliphatic heterocycles. The third kappa shape index (κ3) is 5.40. The maximum absolute atomic E-state index is 9.19. The van der Waals surface area contributed by atoms with E-state index in [-0.39, 0.29) is 5.41 Å². The van der Waals surface area contributed by atoms with Gasteiger partial charge in [-0.3, -0.25) is 0 Å². The molecule has 0 atom stereocenters. The van der Waals surface area contributed by atoms with Gasteiger partial charge in [-0.25, -0.2) is 0 Å². The summed E-state index contributed by atoms with van der Waals surface area (Å²) in [7, 11) is 0. The van der Waals surface area contributed by atoms with Gasteiger partial charge in [0.1, 0.15) is 0 Å². The fraction of sp³-hybridized carbons (Fsp3) is 0.129. The number of rotatable bonds is 7. The number of para-hydroxylation sites is 2. The molecule has 4 aromatic rings. The van der Waals surface area contributed by atoms with Crippen molar-refractivity contribution in [2.24, 2.45) is 0 Å². The average molecular weight is 429 g/mol. The average Bonchev–Trinajstić information content (AvgIpc) is 2.86. The molecule has 0 unspecified atom stereocenters. The zero-order valence-electron chi connectivity index (χ0n) is 19.1. The van der Waals surface area contributed by atoms with Crippen LogP contribution in [0.5, 0.6) is 0 Å². The normalized spacial score (nSPS) is 11.3. The molecular formula is C31H28N2. The molecule has 0 N–H and O–H groups in total. The molecule has 0 spiro atoms. The van der Waals surface area contributed by atoms with E-state index in [2.05, 4.69) is 116 Å². The SMILES string of the molecule is CC(C)(C/C=C/c1ccc(N(c2ccccc2)c2ccccc2)cc1)c1cccc(C#N)c1. The number of benzene rings is 4. The monoisotopic (exact) mass is 428 g/mol. The minimum atomic E-state index is -0.0410. The number of anilines is 3. The Balaban J connectivity index is 1.52. The third-order valence-corrected chi connectivity index (χ3v) is 5.89. The standard InChI is InChI=1S/C31H28N2/c1-31(2,27-13-9-11-26(23-27)24-32)22-10-12-25-18-20-30(21-19-25)33(28-14-5-3-6-15-28)29-16-7-4-8-17-29/h3-21,23H,22H2,1-2H3/b12-10+.